The van der Waals surface area contributed by atoms with Crippen molar-refractivity contribution in [2.75, 3.05) is 14.2 Å². The molecule has 6 heteroatoms. The summed E-state index contributed by atoms with van der Waals surface area (Å²) < 4.78 is 14.0. The van der Waals surface area contributed by atoms with Crippen molar-refractivity contribution in [1.82, 2.24) is 4.98 Å². The Balaban J connectivity index is 3.01. The lowest BCUT2D eigenvalue weighted by molar-refractivity contribution is 0.140. The normalized spacial score (nSPS) is 9.29. The van der Waals surface area contributed by atoms with E-state index in [0.29, 0.717) is 0 Å². The van der Waals surface area contributed by atoms with Crippen molar-refractivity contribution in [1.29, 1.82) is 0 Å². The van der Waals surface area contributed by atoms with Gasteiger partial charge in [-0.15, -0.1) is 0 Å². The number of hydrogen-bond acceptors (Lipinski definition) is 5. The Bertz CT molecular complexity index is 339. The number of pyridine rings is 1. The molecule has 1 N–H and O–H groups in total. The highest BCUT2D eigenvalue weighted by Crippen LogP contribution is 2.26. The predicted octanol–water partition coefficient (Wildman–Crippen LogP) is 1.16. The third-order valence-electron chi connectivity index (χ3n) is 1.41. The Morgan fingerprint density at radius 3 is 2.57 bits per heavy atom. The lowest BCUT2D eigenvalue weighted by atomic mass is 10.4. The molecule has 0 aliphatic rings. The molecule has 0 aliphatic carbocycles. The average Bonchev–Trinajstić information content (AvgIpc) is 2.16. The molecular weight excluding hydrogens is 190 g/mol. The van der Waals surface area contributed by atoms with Gasteiger partial charge in [-0.3, -0.25) is 0 Å². The average molecular weight is 199 g/mol. The van der Waals surface area contributed by atoms with Crippen LogP contribution in [0.2, 0.25) is 0 Å². The first-order chi connectivity index (χ1) is 6.67. The zero-order valence-electron chi connectivity index (χ0n) is 7.68. The minimum Gasteiger partial charge on any atom is -0.491 e. The van der Waals surface area contributed by atoms with Gasteiger partial charge >= 0.3 is 6.16 Å². The molecule has 0 bridgehead atoms. The molecule has 0 saturated carbocycles. The first-order valence-electron chi connectivity index (χ1n) is 3.67. The van der Waals surface area contributed by atoms with Gasteiger partial charge in [0.05, 0.1) is 14.2 Å². The SMILES string of the molecule is COc1ccc(OC)c(OC(=O)O)n1. The van der Waals surface area contributed by atoms with Crippen LogP contribution in [0.4, 0.5) is 4.79 Å². The van der Waals surface area contributed by atoms with Crippen LogP contribution < -0.4 is 14.2 Å². The molecule has 0 radical (unpaired) electrons. The van der Waals surface area contributed by atoms with Crippen molar-refractivity contribution in [3.63, 3.8) is 0 Å². The second-order valence-corrected chi connectivity index (χ2v) is 2.23. The molecule has 0 atom stereocenters. The monoisotopic (exact) mass is 199 g/mol. The van der Waals surface area contributed by atoms with E-state index in [1.807, 2.05) is 0 Å². The van der Waals surface area contributed by atoms with Crippen LogP contribution in [0, 0.1) is 0 Å². The molecule has 1 rings (SSSR count). The van der Waals surface area contributed by atoms with Crippen LogP contribution in [0.25, 0.3) is 0 Å². The van der Waals surface area contributed by atoms with Gasteiger partial charge in [-0.1, -0.05) is 0 Å². The van der Waals surface area contributed by atoms with Gasteiger partial charge in [-0.2, -0.15) is 4.98 Å². The van der Waals surface area contributed by atoms with Gasteiger partial charge in [0.25, 0.3) is 5.88 Å². The van der Waals surface area contributed by atoms with Crippen molar-refractivity contribution in [2.45, 2.75) is 0 Å². The molecule has 0 saturated heterocycles. The third kappa shape index (κ3) is 2.25. The summed E-state index contributed by atoms with van der Waals surface area (Å²) in [5.41, 5.74) is 0. The van der Waals surface area contributed by atoms with Gasteiger partial charge in [0.15, 0.2) is 5.75 Å². The Kier molecular flexibility index (Phi) is 3.11. The molecule has 1 aromatic heterocycles. The van der Waals surface area contributed by atoms with E-state index in [0.717, 1.165) is 0 Å². The summed E-state index contributed by atoms with van der Waals surface area (Å²) in [5, 5.41) is 8.39. The van der Waals surface area contributed by atoms with E-state index < -0.39 is 6.16 Å². The van der Waals surface area contributed by atoms with Gasteiger partial charge in [0.2, 0.25) is 5.88 Å². The summed E-state index contributed by atoms with van der Waals surface area (Å²) in [6.45, 7) is 0. The quantitative estimate of drug-likeness (QED) is 0.736. The lowest BCUT2D eigenvalue weighted by Gasteiger charge is -2.06. The fourth-order valence-electron chi connectivity index (χ4n) is 0.836. The summed E-state index contributed by atoms with van der Waals surface area (Å²) >= 11 is 0. The smallest absolute Gasteiger partial charge is 0.491 e. The van der Waals surface area contributed by atoms with E-state index >= 15 is 0 Å². The van der Waals surface area contributed by atoms with E-state index in [-0.39, 0.29) is 17.5 Å². The van der Waals surface area contributed by atoms with Crippen molar-refractivity contribution in [3.05, 3.63) is 12.1 Å². The second kappa shape index (κ2) is 4.31. The van der Waals surface area contributed by atoms with Crippen LogP contribution in [0.5, 0.6) is 17.5 Å². The topological polar surface area (TPSA) is 77.9 Å². The zero-order chi connectivity index (χ0) is 10.6. The number of rotatable bonds is 3. The van der Waals surface area contributed by atoms with Crippen LogP contribution >= 0.6 is 0 Å². The van der Waals surface area contributed by atoms with Crippen LogP contribution in [0.15, 0.2) is 12.1 Å². The first kappa shape index (κ1) is 10.1. The van der Waals surface area contributed by atoms with E-state index in [2.05, 4.69) is 9.72 Å². The number of methoxy groups -OCH3 is 2. The van der Waals surface area contributed by atoms with Gasteiger partial charge < -0.3 is 19.3 Å². The second-order valence-electron chi connectivity index (χ2n) is 2.23. The van der Waals surface area contributed by atoms with Gasteiger partial charge in [0, 0.05) is 6.07 Å². The summed E-state index contributed by atoms with van der Waals surface area (Å²) in [6, 6.07) is 3.04. The number of nitrogens with zero attached hydrogens (tertiary/aromatic N) is 1. The maximum atomic E-state index is 10.3. The molecular formula is C8H9NO5. The van der Waals surface area contributed by atoms with Crippen molar-refractivity contribution in [2.24, 2.45) is 0 Å². The van der Waals surface area contributed by atoms with E-state index in [1.165, 1.54) is 26.4 Å². The summed E-state index contributed by atoms with van der Waals surface area (Å²) in [6.07, 6.45) is -1.45. The predicted molar refractivity (Wildman–Crippen MR) is 46.0 cm³/mol. The number of carbonyl (C=O) groups is 1. The number of ether oxygens (including phenoxy) is 3. The summed E-state index contributed by atoms with van der Waals surface area (Å²) in [7, 11) is 2.80. The van der Waals surface area contributed by atoms with Crippen molar-refractivity contribution >= 4 is 6.16 Å². The van der Waals surface area contributed by atoms with Gasteiger partial charge in [-0.25, -0.2) is 4.79 Å². The zero-order valence-corrected chi connectivity index (χ0v) is 7.68. The van der Waals surface area contributed by atoms with Crippen molar-refractivity contribution in [3.8, 4) is 17.5 Å². The molecule has 0 aromatic carbocycles. The molecule has 1 heterocycles. The Hall–Kier alpha value is -1.98. The van der Waals surface area contributed by atoms with Crippen LogP contribution in [0.1, 0.15) is 0 Å². The molecule has 0 fully saturated rings. The summed E-state index contributed by atoms with van der Waals surface area (Å²) in [4.78, 5) is 14.0. The minimum atomic E-state index is -1.45. The lowest BCUT2D eigenvalue weighted by Crippen LogP contribution is -2.06. The third-order valence-corrected chi connectivity index (χ3v) is 1.41. The van der Waals surface area contributed by atoms with Crippen molar-refractivity contribution < 1.29 is 24.1 Å². The Labute approximate surface area is 80.0 Å². The summed E-state index contributed by atoms with van der Waals surface area (Å²) in [5.74, 6) is 0.342. The Morgan fingerprint density at radius 1 is 1.36 bits per heavy atom. The largest absolute Gasteiger partial charge is 0.512 e. The highest BCUT2D eigenvalue weighted by atomic mass is 16.7. The van der Waals surface area contributed by atoms with Gasteiger partial charge in [0.1, 0.15) is 0 Å². The van der Waals surface area contributed by atoms with Crippen LogP contribution in [-0.4, -0.2) is 30.5 Å². The fourth-order valence-corrected chi connectivity index (χ4v) is 0.836. The maximum absolute atomic E-state index is 10.3. The molecule has 1 aromatic rings. The highest BCUT2D eigenvalue weighted by Gasteiger charge is 2.11. The fraction of sp³-hybridized carbons (Fsp3) is 0.250. The number of carboxylic acid groups (broad SMARTS) is 1. The van der Waals surface area contributed by atoms with E-state index in [4.69, 9.17) is 14.6 Å². The highest BCUT2D eigenvalue weighted by molar-refractivity contribution is 5.61. The number of hydrogen-bond donors (Lipinski definition) is 1. The van der Waals surface area contributed by atoms with Crippen LogP contribution in [0.3, 0.4) is 0 Å². The Morgan fingerprint density at radius 2 is 2.07 bits per heavy atom. The molecule has 14 heavy (non-hydrogen) atoms. The first-order valence-corrected chi connectivity index (χ1v) is 3.67. The molecule has 6 nitrogen and oxygen atoms in total. The van der Waals surface area contributed by atoms with Gasteiger partial charge in [-0.05, 0) is 6.07 Å². The van der Waals surface area contributed by atoms with E-state index in [9.17, 15) is 4.79 Å². The molecule has 0 amide bonds. The number of aromatic nitrogens is 1. The van der Waals surface area contributed by atoms with Crippen LogP contribution in [-0.2, 0) is 0 Å². The standard InChI is InChI=1S/C8H9NO5/c1-12-5-3-4-6(13-2)9-7(5)14-8(10)11/h3-4H,1-2H3,(H,10,11). The maximum Gasteiger partial charge on any atom is 0.512 e. The minimum absolute atomic E-state index is 0.139. The molecule has 0 aliphatic heterocycles. The molecule has 0 unspecified atom stereocenters. The molecule has 0 spiro atoms. The molecule has 76 valence electrons. The van der Waals surface area contributed by atoms with E-state index in [1.54, 1.807) is 0 Å².